The van der Waals surface area contributed by atoms with E-state index in [2.05, 4.69) is 15.7 Å². The van der Waals surface area contributed by atoms with Gasteiger partial charge < -0.3 is 16.4 Å². The Labute approximate surface area is 146 Å². The number of nitrogens with two attached hydrogens (primary N) is 1. The highest BCUT2D eigenvalue weighted by Crippen LogP contribution is 2.18. The first-order valence-corrected chi connectivity index (χ1v) is 7.54. The van der Waals surface area contributed by atoms with Gasteiger partial charge in [0.25, 0.3) is 0 Å². The molecule has 0 radical (unpaired) electrons. The molecule has 128 valence electrons. The largest absolute Gasteiger partial charge is 0.399 e. The van der Waals surface area contributed by atoms with Gasteiger partial charge in [-0.1, -0.05) is 12.1 Å². The van der Waals surface area contributed by atoms with Gasteiger partial charge in [-0.25, -0.2) is 0 Å². The molecule has 1 heterocycles. The van der Waals surface area contributed by atoms with Gasteiger partial charge in [-0.3, -0.25) is 14.3 Å². The summed E-state index contributed by atoms with van der Waals surface area (Å²) in [6.45, 7) is 0.157. The van der Waals surface area contributed by atoms with Crippen molar-refractivity contribution in [1.82, 2.24) is 15.1 Å². The van der Waals surface area contributed by atoms with Crippen molar-refractivity contribution in [2.24, 2.45) is 0 Å². The van der Waals surface area contributed by atoms with Crippen LogP contribution < -0.4 is 16.4 Å². The second kappa shape index (κ2) is 7.83. The molecule has 1 aliphatic rings. The van der Waals surface area contributed by atoms with E-state index in [1.807, 2.05) is 12.1 Å². The Bertz CT molecular complexity index is 710. The molecule has 8 heteroatoms. The highest BCUT2D eigenvalue weighted by atomic mass is 35.5. The normalized spacial score (nSPS) is 13.0. The number of aromatic nitrogens is 2. The van der Waals surface area contributed by atoms with E-state index in [1.54, 1.807) is 18.3 Å². The molecule has 1 saturated carbocycles. The molecule has 0 saturated heterocycles. The number of rotatable bonds is 6. The fraction of sp³-hybridized carbons (Fsp3) is 0.312. The molecule has 0 bridgehead atoms. The van der Waals surface area contributed by atoms with E-state index >= 15 is 0 Å². The van der Waals surface area contributed by atoms with Crippen molar-refractivity contribution in [3.8, 4) is 0 Å². The summed E-state index contributed by atoms with van der Waals surface area (Å²) in [6, 6.07) is 7.50. The van der Waals surface area contributed by atoms with Crippen LogP contribution >= 0.6 is 12.4 Å². The van der Waals surface area contributed by atoms with Gasteiger partial charge in [0.2, 0.25) is 11.8 Å². The monoisotopic (exact) mass is 349 g/mol. The molecular weight excluding hydrogens is 330 g/mol. The Hall–Kier alpha value is -2.54. The summed E-state index contributed by atoms with van der Waals surface area (Å²) in [4.78, 5) is 23.7. The third-order valence-electron chi connectivity index (χ3n) is 3.51. The van der Waals surface area contributed by atoms with Gasteiger partial charge in [-0.05, 0) is 30.5 Å². The Morgan fingerprint density at radius 1 is 1.21 bits per heavy atom. The summed E-state index contributed by atoms with van der Waals surface area (Å²) in [7, 11) is 0. The maximum absolute atomic E-state index is 12.0. The molecule has 0 spiro atoms. The number of anilines is 2. The zero-order chi connectivity index (χ0) is 16.2. The average Bonchev–Trinajstić information content (AvgIpc) is 3.20. The standard InChI is InChI=1S/C16H19N5O2.ClH/c17-12-3-1-11(2-4-12)7-15(22)20-14-8-18-21(9-14)10-16(23)19-13-5-6-13;/h1-4,8-9,13H,5-7,10,17H2,(H,19,23)(H,20,22);1H. The minimum Gasteiger partial charge on any atom is -0.399 e. The fourth-order valence-corrected chi connectivity index (χ4v) is 2.19. The van der Waals surface area contributed by atoms with E-state index in [1.165, 1.54) is 10.9 Å². The van der Waals surface area contributed by atoms with Gasteiger partial charge in [0.1, 0.15) is 6.54 Å². The van der Waals surface area contributed by atoms with Crippen LogP contribution in [0.1, 0.15) is 18.4 Å². The molecule has 24 heavy (non-hydrogen) atoms. The van der Waals surface area contributed by atoms with Crippen LogP contribution in [0.5, 0.6) is 0 Å². The molecule has 0 atom stereocenters. The Morgan fingerprint density at radius 2 is 1.92 bits per heavy atom. The Kier molecular flexibility index (Phi) is 5.81. The smallest absolute Gasteiger partial charge is 0.241 e. The van der Waals surface area contributed by atoms with E-state index in [-0.39, 0.29) is 37.2 Å². The Balaban J connectivity index is 0.00000208. The van der Waals surface area contributed by atoms with E-state index < -0.39 is 0 Å². The summed E-state index contributed by atoms with van der Waals surface area (Å²) in [6.07, 6.45) is 5.54. The number of nitrogens with one attached hydrogen (secondary N) is 2. The summed E-state index contributed by atoms with van der Waals surface area (Å²) in [5.74, 6) is -0.202. The van der Waals surface area contributed by atoms with Crippen LogP contribution in [0.25, 0.3) is 0 Å². The molecule has 1 fully saturated rings. The molecule has 1 aromatic carbocycles. The molecular formula is C16H20ClN5O2. The highest BCUT2D eigenvalue weighted by molar-refractivity contribution is 5.92. The van der Waals surface area contributed by atoms with Gasteiger partial charge in [-0.15, -0.1) is 12.4 Å². The van der Waals surface area contributed by atoms with E-state index in [4.69, 9.17) is 5.73 Å². The lowest BCUT2D eigenvalue weighted by molar-refractivity contribution is -0.122. The summed E-state index contributed by atoms with van der Waals surface area (Å²) >= 11 is 0. The average molecular weight is 350 g/mol. The first-order valence-electron chi connectivity index (χ1n) is 7.54. The number of halogens is 1. The van der Waals surface area contributed by atoms with E-state index in [9.17, 15) is 9.59 Å². The lowest BCUT2D eigenvalue weighted by atomic mass is 10.1. The third-order valence-corrected chi connectivity index (χ3v) is 3.51. The first-order chi connectivity index (χ1) is 11.1. The van der Waals surface area contributed by atoms with Crippen LogP contribution in [-0.4, -0.2) is 27.6 Å². The molecule has 1 aliphatic carbocycles. The maximum Gasteiger partial charge on any atom is 0.241 e. The van der Waals surface area contributed by atoms with Gasteiger partial charge in [0.15, 0.2) is 0 Å². The van der Waals surface area contributed by atoms with Crippen molar-refractivity contribution >= 4 is 35.6 Å². The molecule has 2 aromatic rings. The maximum atomic E-state index is 12.0. The Morgan fingerprint density at radius 3 is 2.58 bits per heavy atom. The molecule has 4 N–H and O–H groups in total. The van der Waals surface area contributed by atoms with Crippen LogP contribution in [0.4, 0.5) is 11.4 Å². The lowest BCUT2D eigenvalue weighted by Crippen LogP contribution is -2.29. The quantitative estimate of drug-likeness (QED) is 0.685. The topological polar surface area (TPSA) is 102 Å². The van der Waals surface area contributed by atoms with E-state index in [0.29, 0.717) is 17.4 Å². The van der Waals surface area contributed by atoms with Gasteiger partial charge in [0, 0.05) is 17.9 Å². The van der Waals surface area contributed by atoms with Crippen LogP contribution in [0.2, 0.25) is 0 Å². The SMILES string of the molecule is Cl.Nc1ccc(CC(=O)Nc2cnn(CC(=O)NC3CC3)c2)cc1. The number of hydrogen-bond donors (Lipinski definition) is 3. The number of nitrogen functional groups attached to an aromatic ring is 1. The number of amides is 2. The molecule has 0 aliphatic heterocycles. The van der Waals surface area contributed by atoms with Crippen LogP contribution in [0.3, 0.4) is 0 Å². The zero-order valence-electron chi connectivity index (χ0n) is 13.1. The zero-order valence-corrected chi connectivity index (χ0v) is 13.9. The molecule has 0 unspecified atom stereocenters. The lowest BCUT2D eigenvalue weighted by Gasteiger charge is -2.04. The number of nitrogens with zero attached hydrogens (tertiary/aromatic N) is 2. The van der Waals surface area contributed by atoms with Crippen molar-refractivity contribution in [2.45, 2.75) is 31.8 Å². The van der Waals surface area contributed by atoms with Crippen LogP contribution in [-0.2, 0) is 22.6 Å². The third kappa shape index (κ3) is 5.27. The predicted octanol–water partition coefficient (Wildman–Crippen LogP) is 1.35. The predicted molar refractivity (Wildman–Crippen MR) is 93.8 cm³/mol. The van der Waals surface area contributed by atoms with Crippen LogP contribution in [0.15, 0.2) is 36.7 Å². The van der Waals surface area contributed by atoms with Crippen LogP contribution in [0, 0.1) is 0 Å². The van der Waals surface area contributed by atoms with E-state index in [0.717, 1.165) is 18.4 Å². The summed E-state index contributed by atoms with van der Waals surface area (Å²) in [5, 5.41) is 9.74. The summed E-state index contributed by atoms with van der Waals surface area (Å²) < 4.78 is 1.51. The molecule has 2 amide bonds. The van der Waals surface area contributed by atoms with Gasteiger partial charge in [0.05, 0.1) is 18.3 Å². The first kappa shape index (κ1) is 17.8. The second-order valence-electron chi connectivity index (χ2n) is 5.73. The van der Waals surface area contributed by atoms with Crippen molar-refractivity contribution in [2.75, 3.05) is 11.1 Å². The molecule has 1 aromatic heterocycles. The number of benzene rings is 1. The minimum atomic E-state index is -0.142. The van der Waals surface area contributed by atoms with Gasteiger partial charge in [-0.2, -0.15) is 5.10 Å². The molecule has 7 nitrogen and oxygen atoms in total. The number of carbonyl (C=O) groups excluding carboxylic acids is 2. The number of hydrogen-bond acceptors (Lipinski definition) is 4. The second-order valence-corrected chi connectivity index (χ2v) is 5.73. The number of carbonyl (C=O) groups is 2. The van der Waals surface area contributed by atoms with Crippen molar-refractivity contribution < 1.29 is 9.59 Å². The van der Waals surface area contributed by atoms with Crippen molar-refractivity contribution in [3.63, 3.8) is 0 Å². The fourth-order valence-electron chi connectivity index (χ4n) is 2.19. The molecule has 3 rings (SSSR count). The van der Waals surface area contributed by atoms with Gasteiger partial charge >= 0.3 is 0 Å². The highest BCUT2D eigenvalue weighted by Gasteiger charge is 2.23. The van der Waals surface area contributed by atoms with Crippen molar-refractivity contribution in [1.29, 1.82) is 0 Å². The van der Waals surface area contributed by atoms with Crippen molar-refractivity contribution in [3.05, 3.63) is 42.2 Å². The summed E-state index contributed by atoms with van der Waals surface area (Å²) in [5.41, 5.74) is 7.74. The minimum absolute atomic E-state index is 0.